The summed E-state index contributed by atoms with van der Waals surface area (Å²) in [6.45, 7) is 4.64. The smallest absolute Gasteiger partial charge is 0.243 e. The molecule has 3 saturated carbocycles. The number of carbonyl (C=O) groups is 2. The third-order valence-electron chi connectivity index (χ3n) is 9.11. The van der Waals surface area contributed by atoms with Gasteiger partial charge in [0.05, 0.1) is 0 Å². The molecule has 0 unspecified atom stereocenters. The van der Waals surface area contributed by atoms with Crippen molar-refractivity contribution in [3.05, 3.63) is 42.2 Å². The van der Waals surface area contributed by atoms with Crippen LogP contribution in [0.1, 0.15) is 52.4 Å². The van der Waals surface area contributed by atoms with Crippen LogP contribution < -0.4 is 10.6 Å². The number of amides is 2. The fourth-order valence-corrected chi connectivity index (χ4v) is 7.53. The monoisotopic (exact) mass is 410 g/mol. The second kappa shape index (κ2) is 6.93. The predicted octanol–water partition coefficient (Wildman–Crippen LogP) is 4.68. The first-order chi connectivity index (χ1) is 14.3. The van der Waals surface area contributed by atoms with Crippen molar-refractivity contribution < 1.29 is 14.0 Å². The quantitative estimate of drug-likeness (QED) is 0.744. The Hall–Kier alpha value is -2.17. The third kappa shape index (κ3) is 2.92. The SMILES string of the molecule is C[C@]12C=CC(=O)N[C@@H]1CC[C@@H]1[C@@H]2CC[C@]2(C)[C@@H](C(=O)Nc3ccc(F)cc3)CC[C@@H]12. The minimum absolute atomic E-state index is 0.000586. The molecule has 30 heavy (non-hydrogen) atoms. The van der Waals surface area contributed by atoms with Gasteiger partial charge in [0.25, 0.3) is 0 Å². The highest BCUT2D eigenvalue weighted by Crippen LogP contribution is 2.65. The Labute approximate surface area is 177 Å². The van der Waals surface area contributed by atoms with Crippen LogP contribution in [0.3, 0.4) is 0 Å². The summed E-state index contributed by atoms with van der Waals surface area (Å²) in [5.74, 6) is 1.53. The Morgan fingerprint density at radius 1 is 1.07 bits per heavy atom. The summed E-state index contributed by atoms with van der Waals surface area (Å²) in [6.07, 6.45) is 10.2. The van der Waals surface area contributed by atoms with Crippen LogP contribution in [0.15, 0.2) is 36.4 Å². The fourth-order valence-electron chi connectivity index (χ4n) is 7.53. The van der Waals surface area contributed by atoms with E-state index in [9.17, 15) is 14.0 Å². The van der Waals surface area contributed by atoms with Crippen LogP contribution in [-0.2, 0) is 9.59 Å². The molecule has 1 aliphatic heterocycles. The standard InChI is InChI=1S/C25H31FN2O2/c1-24-13-11-19-17(7-10-21-25(19,2)14-12-22(29)28-21)18(24)8-9-20(24)23(30)27-16-5-3-15(26)4-6-16/h3-6,12,14,17-21H,7-11,13H2,1-2H3,(H,27,30)(H,28,29)/t17-,18-,19-,20+,21+,24-,25+/m0/s1. The van der Waals surface area contributed by atoms with E-state index in [1.165, 1.54) is 12.1 Å². The Kier molecular flexibility index (Phi) is 4.57. The lowest BCUT2D eigenvalue weighted by atomic mass is 9.48. The molecule has 5 rings (SSSR count). The van der Waals surface area contributed by atoms with E-state index < -0.39 is 0 Å². The summed E-state index contributed by atoms with van der Waals surface area (Å²) in [7, 11) is 0. The molecule has 4 nitrogen and oxygen atoms in total. The zero-order chi connectivity index (χ0) is 21.1. The molecule has 1 aromatic rings. The van der Waals surface area contributed by atoms with Gasteiger partial charge in [-0.05, 0) is 92.0 Å². The first kappa shape index (κ1) is 19.8. The number of hydrogen-bond acceptors (Lipinski definition) is 2. The Morgan fingerprint density at radius 3 is 2.60 bits per heavy atom. The van der Waals surface area contributed by atoms with Gasteiger partial charge in [-0.15, -0.1) is 0 Å². The highest BCUT2D eigenvalue weighted by molar-refractivity contribution is 5.93. The molecule has 2 N–H and O–H groups in total. The van der Waals surface area contributed by atoms with E-state index >= 15 is 0 Å². The lowest BCUT2D eigenvalue weighted by Gasteiger charge is -2.58. The summed E-state index contributed by atoms with van der Waals surface area (Å²) in [6, 6.07) is 6.26. The van der Waals surface area contributed by atoms with Gasteiger partial charge in [0.15, 0.2) is 0 Å². The Bertz CT molecular complexity index is 897. The molecule has 0 spiro atoms. The normalized spacial score (nSPS) is 42.0. The molecule has 2 amide bonds. The lowest BCUT2D eigenvalue weighted by molar-refractivity contribution is -0.129. The van der Waals surface area contributed by atoms with Gasteiger partial charge in [0.1, 0.15) is 5.82 Å². The molecular formula is C25H31FN2O2. The van der Waals surface area contributed by atoms with Crippen LogP contribution in [0.4, 0.5) is 10.1 Å². The van der Waals surface area contributed by atoms with E-state index in [4.69, 9.17) is 0 Å². The Morgan fingerprint density at radius 2 is 1.83 bits per heavy atom. The second-order valence-corrected chi connectivity index (χ2v) is 10.4. The molecule has 1 heterocycles. The zero-order valence-electron chi connectivity index (χ0n) is 17.8. The molecule has 1 aromatic carbocycles. The van der Waals surface area contributed by atoms with Crippen LogP contribution in [0.25, 0.3) is 0 Å². The fraction of sp³-hybridized carbons (Fsp3) is 0.600. The predicted molar refractivity (Wildman–Crippen MR) is 114 cm³/mol. The van der Waals surface area contributed by atoms with Crippen molar-refractivity contribution in [1.82, 2.24) is 5.32 Å². The number of fused-ring (bicyclic) bond motifs is 5. The number of rotatable bonds is 2. The largest absolute Gasteiger partial charge is 0.349 e. The van der Waals surface area contributed by atoms with Gasteiger partial charge in [-0.3, -0.25) is 9.59 Å². The average Bonchev–Trinajstić information content (AvgIpc) is 3.07. The third-order valence-corrected chi connectivity index (χ3v) is 9.11. The number of halogens is 1. The number of carbonyl (C=O) groups excluding carboxylic acids is 2. The minimum atomic E-state index is -0.295. The van der Waals surface area contributed by atoms with Crippen molar-refractivity contribution in [2.75, 3.05) is 5.32 Å². The molecule has 5 heteroatoms. The molecule has 0 radical (unpaired) electrons. The number of anilines is 1. The maximum Gasteiger partial charge on any atom is 0.243 e. The summed E-state index contributed by atoms with van der Waals surface area (Å²) < 4.78 is 13.2. The van der Waals surface area contributed by atoms with Gasteiger partial charge in [0.2, 0.25) is 11.8 Å². The van der Waals surface area contributed by atoms with E-state index in [1.54, 1.807) is 18.2 Å². The molecule has 7 atom stereocenters. The highest BCUT2D eigenvalue weighted by Gasteiger charge is 2.60. The van der Waals surface area contributed by atoms with Crippen molar-refractivity contribution in [2.45, 2.75) is 58.4 Å². The maximum atomic E-state index is 13.2. The summed E-state index contributed by atoms with van der Waals surface area (Å²) in [5.41, 5.74) is 0.696. The van der Waals surface area contributed by atoms with Crippen LogP contribution in [0, 0.1) is 40.3 Å². The van der Waals surface area contributed by atoms with Crippen molar-refractivity contribution in [2.24, 2.45) is 34.5 Å². The van der Waals surface area contributed by atoms with Crippen molar-refractivity contribution in [3.63, 3.8) is 0 Å². The topological polar surface area (TPSA) is 58.2 Å². The molecule has 3 aliphatic carbocycles. The Balaban J connectivity index is 1.36. The van der Waals surface area contributed by atoms with E-state index in [2.05, 4.69) is 30.6 Å². The van der Waals surface area contributed by atoms with Gasteiger partial charge < -0.3 is 10.6 Å². The van der Waals surface area contributed by atoms with E-state index in [0.29, 0.717) is 23.4 Å². The van der Waals surface area contributed by atoms with E-state index in [0.717, 1.165) is 38.5 Å². The average molecular weight is 411 g/mol. The van der Waals surface area contributed by atoms with Crippen molar-refractivity contribution in [3.8, 4) is 0 Å². The summed E-state index contributed by atoms with van der Waals surface area (Å²) >= 11 is 0. The minimum Gasteiger partial charge on any atom is -0.349 e. The first-order valence-electron chi connectivity index (χ1n) is 11.4. The van der Waals surface area contributed by atoms with Crippen molar-refractivity contribution >= 4 is 17.5 Å². The molecule has 0 saturated heterocycles. The number of nitrogens with one attached hydrogen (secondary N) is 2. The molecule has 4 aliphatic rings. The van der Waals surface area contributed by atoms with Crippen LogP contribution in [-0.4, -0.2) is 17.9 Å². The van der Waals surface area contributed by atoms with Gasteiger partial charge in [-0.25, -0.2) is 4.39 Å². The molecular weight excluding hydrogens is 379 g/mol. The second-order valence-electron chi connectivity index (χ2n) is 10.4. The maximum absolute atomic E-state index is 13.2. The molecule has 3 fully saturated rings. The molecule has 0 aromatic heterocycles. The first-order valence-corrected chi connectivity index (χ1v) is 11.4. The van der Waals surface area contributed by atoms with E-state index in [-0.39, 0.29) is 40.4 Å². The van der Waals surface area contributed by atoms with Gasteiger partial charge in [0, 0.05) is 23.1 Å². The van der Waals surface area contributed by atoms with E-state index in [1.807, 2.05) is 0 Å². The van der Waals surface area contributed by atoms with Crippen molar-refractivity contribution in [1.29, 1.82) is 0 Å². The summed E-state index contributed by atoms with van der Waals surface area (Å²) in [4.78, 5) is 25.1. The van der Waals surface area contributed by atoms with Crippen LogP contribution in [0.5, 0.6) is 0 Å². The summed E-state index contributed by atoms with van der Waals surface area (Å²) in [5, 5.41) is 6.24. The lowest BCUT2D eigenvalue weighted by Crippen LogP contribution is -2.59. The van der Waals surface area contributed by atoms with Crippen LogP contribution >= 0.6 is 0 Å². The van der Waals surface area contributed by atoms with Gasteiger partial charge >= 0.3 is 0 Å². The van der Waals surface area contributed by atoms with Crippen LogP contribution in [0.2, 0.25) is 0 Å². The van der Waals surface area contributed by atoms with Gasteiger partial charge in [-0.2, -0.15) is 0 Å². The molecule has 0 bridgehead atoms. The number of hydrogen-bond donors (Lipinski definition) is 2. The highest BCUT2D eigenvalue weighted by atomic mass is 19.1. The zero-order valence-corrected chi connectivity index (χ0v) is 17.8. The van der Waals surface area contributed by atoms with Gasteiger partial charge in [-0.1, -0.05) is 19.9 Å². The molecule has 160 valence electrons. The number of benzene rings is 1.